The van der Waals surface area contributed by atoms with Crippen molar-refractivity contribution in [2.24, 2.45) is 0 Å². The van der Waals surface area contributed by atoms with Crippen LogP contribution in [0.15, 0.2) is 48.5 Å². The van der Waals surface area contributed by atoms with E-state index in [9.17, 15) is 0 Å². The van der Waals surface area contributed by atoms with E-state index in [1.165, 1.54) is 28.7 Å². The van der Waals surface area contributed by atoms with Crippen LogP contribution in [0.3, 0.4) is 0 Å². The molecule has 2 aromatic rings. The monoisotopic (exact) mass is 256 g/mol. The summed E-state index contributed by atoms with van der Waals surface area (Å²) in [5, 5.41) is 0. The SMILES string of the molecule is CCC.Cc1ccc(C)cc1.Cc1ccc(C)cc1. The lowest BCUT2D eigenvalue weighted by molar-refractivity contribution is 1.09. The highest BCUT2D eigenvalue weighted by Gasteiger charge is 1.80. The maximum Gasteiger partial charge on any atom is -0.0398 e. The first kappa shape index (κ1) is 17.4. The second kappa shape index (κ2) is 10.4. The largest absolute Gasteiger partial charge is 0.0656 e. The fourth-order valence-electron chi connectivity index (χ4n) is 1.27. The summed E-state index contributed by atoms with van der Waals surface area (Å²) in [6, 6.07) is 17.0. The van der Waals surface area contributed by atoms with Gasteiger partial charge in [-0.05, 0) is 27.7 Å². The molecule has 0 bridgehead atoms. The number of benzene rings is 2. The van der Waals surface area contributed by atoms with Crippen LogP contribution in [0.4, 0.5) is 0 Å². The Morgan fingerprint density at radius 3 is 0.684 bits per heavy atom. The molecule has 0 aromatic heterocycles. The predicted molar refractivity (Wildman–Crippen MR) is 87.8 cm³/mol. The molecule has 0 saturated carbocycles. The van der Waals surface area contributed by atoms with Gasteiger partial charge in [0.25, 0.3) is 0 Å². The smallest absolute Gasteiger partial charge is 0.0398 e. The zero-order chi connectivity index (χ0) is 14.7. The zero-order valence-corrected chi connectivity index (χ0v) is 13.3. The number of hydrogen-bond acceptors (Lipinski definition) is 0. The molecule has 0 saturated heterocycles. The van der Waals surface area contributed by atoms with Crippen molar-refractivity contribution in [3.8, 4) is 0 Å². The third-order valence-electron chi connectivity index (χ3n) is 2.44. The van der Waals surface area contributed by atoms with Crippen molar-refractivity contribution in [1.29, 1.82) is 0 Å². The van der Waals surface area contributed by atoms with Crippen molar-refractivity contribution < 1.29 is 0 Å². The topological polar surface area (TPSA) is 0 Å². The standard InChI is InChI=1S/2C8H10.C3H8/c2*1-7-3-5-8(2)6-4-7;1-3-2/h2*3-6H,1-2H3;3H2,1-2H3. The molecule has 0 amide bonds. The molecule has 0 heterocycles. The molecule has 2 aromatic carbocycles. The van der Waals surface area contributed by atoms with E-state index in [4.69, 9.17) is 0 Å². The molecule has 0 N–H and O–H groups in total. The molecule has 0 fully saturated rings. The molecule has 2 rings (SSSR count). The maximum atomic E-state index is 2.12. The molecule has 19 heavy (non-hydrogen) atoms. The first-order chi connectivity index (χ1) is 8.99. The van der Waals surface area contributed by atoms with Crippen LogP contribution in [0.5, 0.6) is 0 Å². The Hall–Kier alpha value is -1.56. The third-order valence-corrected chi connectivity index (χ3v) is 2.44. The van der Waals surface area contributed by atoms with Crippen molar-refractivity contribution in [3.05, 3.63) is 70.8 Å². The van der Waals surface area contributed by atoms with E-state index in [1.807, 2.05) is 0 Å². The number of hydrogen-bond donors (Lipinski definition) is 0. The summed E-state index contributed by atoms with van der Waals surface area (Å²) in [5.74, 6) is 0. The Bertz CT molecular complexity index is 335. The van der Waals surface area contributed by atoms with E-state index >= 15 is 0 Å². The van der Waals surface area contributed by atoms with E-state index in [1.54, 1.807) is 0 Å². The average Bonchev–Trinajstić information content (AvgIpc) is 2.38. The first-order valence-electron chi connectivity index (χ1n) is 7.06. The minimum absolute atomic E-state index is 1.25. The molecular weight excluding hydrogens is 228 g/mol. The van der Waals surface area contributed by atoms with Gasteiger partial charge in [-0.25, -0.2) is 0 Å². The molecular formula is C19H28. The molecule has 0 unspecified atom stereocenters. The molecule has 0 aliphatic rings. The van der Waals surface area contributed by atoms with Gasteiger partial charge in [0.15, 0.2) is 0 Å². The Kier molecular flexibility index (Phi) is 9.52. The van der Waals surface area contributed by atoms with Gasteiger partial charge in [-0.2, -0.15) is 0 Å². The summed E-state index contributed by atoms with van der Waals surface area (Å²) in [6.45, 7) is 12.6. The fraction of sp³-hybridized carbons (Fsp3) is 0.368. The van der Waals surface area contributed by atoms with Crippen LogP contribution in [0, 0.1) is 27.7 Å². The van der Waals surface area contributed by atoms with Gasteiger partial charge < -0.3 is 0 Å². The summed E-state index contributed by atoms with van der Waals surface area (Å²) in [7, 11) is 0. The molecule has 0 heteroatoms. The van der Waals surface area contributed by atoms with Gasteiger partial charge >= 0.3 is 0 Å². The van der Waals surface area contributed by atoms with Crippen LogP contribution in [-0.4, -0.2) is 0 Å². The van der Waals surface area contributed by atoms with Gasteiger partial charge in [0, 0.05) is 0 Å². The van der Waals surface area contributed by atoms with Gasteiger partial charge in [-0.1, -0.05) is 91.1 Å². The third kappa shape index (κ3) is 10.1. The predicted octanol–water partition coefficient (Wildman–Crippen LogP) is 6.02. The number of rotatable bonds is 0. The van der Waals surface area contributed by atoms with Crippen molar-refractivity contribution in [2.45, 2.75) is 48.0 Å². The van der Waals surface area contributed by atoms with Gasteiger partial charge in [0.05, 0.1) is 0 Å². The van der Waals surface area contributed by atoms with Gasteiger partial charge in [0.2, 0.25) is 0 Å². The minimum atomic E-state index is 1.25. The summed E-state index contributed by atoms with van der Waals surface area (Å²) in [6.07, 6.45) is 1.25. The second-order valence-electron chi connectivity index (χ2n) is 5.02. The Labute approximate surface area is 119 Å². The van der Waals surface area contributed by atoms with Crippen LogP contribution in [0.1, 0.15) is 42.5 Å². The highest BCUT2D eigenvalue weighted by Crippen LogP contribution is 2.00. The quantitative estimate of drug-likeness (QED) is 0.540. The molecule has 0 nitrogen and oxygen atoms in total. The van der Waals surface area contributed by atoms with Crippen molar-refractivity contribution >= 4 is 0 Å². The van der Waals surface area contributed by atoms with E-state index in [2.05, 4.69) is 90.1 Å². The minimum Gasteiger partial charge on any atom is -0.0656 e. The lowest BCUT2D eigenvalue weighted by atomic mass is 10.2. The Morgan fingerprint density at radius 1 is 0.474 bits per heavy atom. The summed E-state index contributed by atoms with van der Waals surface area (Å²) in [4.78, 5) is 0. The zero-order valence-electron chi connectivity index (χ0n) is 13.3. The summed E-state index contributed by atoms with van der Waals surface area (Å²) < 4.78 is 0. The summed E-state index contributed by atoms with van der Waals surface area (Å²) >= 11 is 0. The average molecular weight is 256 g/mol. The van der Waals surface area contributed by atoms with E-state index in [0.717, 1.165) is 0 Å². The molecule has 0 radical (unpaired) electrons. The van der Waals surface area contributed by atoms with E-state index in [0.29, 0.717) is 0 Å². The molecule has 0 aliphatic carbocycles. The van der Waals surface area contributed by atoms with Gasteiger partial charge in [-0.15, -0.1) is 0 Å². The Balaban J connectivity index is 0.000000284. The normalized spacial score (nSPS) is 8.74. The maximum absolute atomic E-state index is 2.12. The van der Waals surface area contributed by atoms with Gasteiger partial charge in [0.1, 0.15) is 0 Å². The molecule has 104 valence electrons. The number of aryl methyl sites for hydroxylation is 4. The first-order valence-corrected chi connectivity index (χ1v) is 7.06. The van der Waals surface area contributed by atoms with E-state index in [-0.39, 0.29) is 0 Å². The van der Waals surface area contributed by atoms with Crippen molar-refractivity contribution in [2.75, 3.05) is 0 Å². The van der Waals surface area contributed by atoms with Crippen LogP contribution in [0.2, 0.25) is 0 Å². The van der Waals surface area contributed by atoms with Crippen LogP contribution < -0.4 is 0 Å². The molecule has 0 atom stereocenters. The fourth-order valence-corrected chi connectivity index (χ4v) is 1.27. The molecule has 0 spiro atoms. The lowest BCUT2D eigenvalue weighted by Gasteiger charge is -1.90. The highest BCUT2D eigenvalue weighted by atomic mass is 13.9. The van der Waals surface area contributed by atoms with Crippen molar-refractivity contribution in [3.63, 3.8) is 0 Å². The second-order valence-corrected chi connectivity index (χ2v) is 5.02. The Morgan fingerprint density at radius 2 is 0.579 bits per heavy atom. The van der Waals surface area contributed by atoms with Crippen LogP contribution in [-0.2, 0) is 0 Å². The summed E-state index contributed by atoms with van der Waals surface area (Å²) in [5.41, 5.74) is 5.32. The lowest BCUT2D eigenvalue weighted by Crippen LogP contribution is -1.70. The van der Waals surface area contributed by atoms with Crippen LogP contribution >= 0.6 is 0 Å². The van der Waals surface area contributed by atoms with Gasteiger partial charge in [-0.3, -0.25) is 0 Å². The van der Waals surface area contributed by atoms with E-state index < -0.39 is 0 Å². The van der Waals surface area contributed by atoms with Crippen LogP contribution in [0.25, 0.3) is 0 Å². The van der Waals surface area contributed by atoms with Crippen molar-refractivity contribution in [1.82, 2.24) is 0 Å². The molecule has 0 aliphatic heterocycles. The highest BCUT2D eigenvalue weighted by molar-refractivity contribution is 5.20.